The number of hydrogen-bond donors (Lipinski definition) is 1. The zero-order valence-electron chi connectivity index (χ0n) is 19.4. The summed E-state index contributed by atoms with van der Waals surface area (Å²) in [5.41, 5.74) is 5.13. The molecule has 0 bridgehead atoms. The second-order valence-electron chi connectivity index (χ2n) is 8.64. The molecule has 3 heterocycles. The van der Waals surface area contributed by atoms with Crippen molar-refractivity contribution in [2.24, 2.45) is 4.99 Å². The molecule has 0 saturated heterocycles. The minimum absolute atomic E-state index is 0.158. The molecule has 7 nitrogen and oxygen atoms in total. The van der Waals surface area contributed by atoms with Gasteiger partial charge in [0, 0.05) is 29.3 Å². The zero-order valence-corrected chi connectivity index (χ0v) is 20.1. The van der Waals surface area contributed by atoms with E-state index in [4.69, 9.17) is 21.3 Å². The Hall–Kier alpha value is -4.23. The number of carbonyl (C=O) groups is 2. The van der Waals surface area contributed by atoms with E-state index in [1.54, 1.807) is 30.2 Å². The highest BCUT2D eigenvalue weighted by atomic mass is 35.5. The van der Waals surface area contributed by atoms with Gasteiger partial charge in [-0.15, -0.1) is 0 Å². The molecule has 0 aliphatic carbocycles. The van der Waals surface area contributed by atoms with Crippen molar-refractivity contribution in [1.82, 2.24) is 10.3 Å². The van der Waals surface area contributed by atoms with Crippen molar-refractivity contribution < 1.29 is 14.3 Å². The molecule has 0 unspecified atom stereocenters. The van der Waals surface area contributed by atoms with E-state index in [0.29, 0.717) is 28.9 Å². The lowest BCUT2D eigenvalue weighted by Gasteiger charge is -2.21. The molecule has 0 spiro atoms. The summed E-state index contributed by atoms with van der Waals surface area (Å²) in [5, 5.41) is 3.62. The Kier molecular flexibility index (Phi) is 5.42. The quantitative estimate of drug-likeness (QED) is 0.454. The van der Waals surface area contributed by atoms with Crippen LogP contribution in [0.25, 0.3) is 10.9 Å². The minimum Gasteiger partial charge on any atom is -0.497 e. The van der Waals surface area contributed by atoms with Gasteiger partial charge in [0.05, 0.1) is 34.6 Å². The molecule has 36 heavy (non-hydrogen) atoms. The maximum absolute atomic E-state index is 13.6. The number of nitrogens with one attached hydrogen (secondary N) is 1. The number of ether oxygens (including phenoxy) is 1. The van der Waals surface area contributed by atoms with E-state index in [-0.39, 0.29) is 16.5 Å². The number of pyridine rings is 1. The second kappa shape index (κ2) is 8.77. The smallest absolute Gasteiger partial charge is 0.272 e. The van der Waals surface area contributed by atoms with Crippen LogP contribution in [0.4, 0.5) is 5.69 Å². The highest BCUT2D eigenvalue weighted by Crippen LogP contribution is 2.36. The Bertz CT molecular complexity index is 1570. The van der Waals surface area contributed by atoms with Crippen LogP contribution in [0.5, 0.6) is 5.75 Å². The Balaban J connectivity index is 1.42. The molecule has 6 rings (SSSR count). The summed E-state index contributed by atoms with van der Waals surface area (Å²) >= 11 is 6.63. The molecule has 2 amide bonds. The normalized spacial score (nSPS) is 16.4. The fourth-order valence-electron chi connectivity index (χ4n) is 4.82. The molecule has 0 radical (unpaired) electrons. The fraction of sp³-hybridized carbons (Fsp3) is 0.143. The molecule has 3 aromatic carbocycles. The first-order valence-corrected chi connectivity index (χ1v) is 11.9. The van der Waals surface area contributed by atoms with Crippen LogP contribution in [0.1, 0.15) is 27.0 Å². The van der Waals surface area contributed by atoms with Gasteiger partial charge in [0.1, 0.15) is 5.75 Å². The number of aromatic nitrogens is 1. The van der Waals surface area contributed by atoms with Gasteiger partial charge in [-0.05, 0) is 30.2 Å². The van der Waals surface area contributed by atoms with Gasteiger partial charge < -0.3 is 15.0 Å². The molecule has 2 aliphatic rings. The summed E-state index contributed by atoms with van der Waals surface area (Å²) in [6, 6.07) is 20.9. The van der Waals surface area contributed by atoms with Crippen LogP contribution in [0.2, 0.25) is 5.02 Å². The average molecular weight is 497 g/mol. The van der Waals surface area contributed by atoms with Gasteiger partial charge >= 0.3 is 0 Å². The molecule has 2 aliphatic heterocycles. The lowest BCUT2D eigenvalue weighted by atomic mass is 9.98. The molecule has 178 valence electrons. The second-order valence-corrected chi connectivity index (χ2v) is 9.02. The molecule has 1 atom stereocenters. The number of rotatable bonds is 4. The fourth-order valence-corrected chi connectivity index (χ4v) is 5.10. The number of amides is 2. The van der Waals surface area contributed by atoms with Crippen LogP contribution >= 0.6 is 11.6 Å². The third-order valence-corrected chi connectivity index (χ3v) is 6.98. The number of aliphatic imine (C=N–C) groups is 1. The Morgan fingerprint density at radius 2 is 1.94 bits per heavy atom. The van der Waals surface area contributed by atoms with E-state index in [9.17, 15) is 9.59 Å². The largest absolute Gasteiger partial charge is 0.497 e. The number of fused-ring (bicyclic) bond motifs is 1. The molecule has 4 aromatic rings. The molecule has 8 heteroatoms. The van der Waals surface area contributed by atoms with Crippen molar-refractivity contribution in [3.05, 3.63) is 100 Å². The highest BCUT2D eigenvalue weighted by molar-refractivity contribution is 6.38. The van der Waals surface area contributed by atoms with Gasteiger partial charge in [0.15, 0.2) is 0 Å². The van der Waals surface area contributed by atoms with Crippen LogP contribution in [0, 0.1) is 0 Å². The number of benzene rings is 3. The van der Waals surface area contributed by atoms with E-state index in [1.165, 1.54) is 6.20 Å². The number of nitrogens with zero attached hydrogens (tertiary/aromatic N) is 3. The summed E-state index contributed by atoms with van der Waals surface area (Å²) in [4.78, 5) is 37.9. The summed E-state index contributed by atoms with van der Waals surface area (Å²) < 4.78 is 5.29. The van der Waals surface area contributed by atoms with Crippen molar-refractivity contribution in [2.45, 2.75) is 12.6 Å². The van der Waals surface area contributed by atoms with Crippen LogP contribution in [-0.4, -0.2) is 42.3 Å². The van der Waals surface area contributed by atoms with Crippen LogP contribution < -0.4 is 15.0 Å². The van der Waals surface area contributed by atoms with Crippen molar-refractivity contribution in [1.29, 1.82) is 0 Å². The first kappa shape index (κ1) is 22.2. The average Bonchev–Trinajstić information content (AvgIpc) is 3.31. The number of carbonyl (C=O) groups excluding carboxylic acids is 2. The summed E-state index contributed by atoms with van der Waals surface area (Å²) in [6.07, 6.45) is 1.04. The Labute approximate surface area is 212 Å². The van der Waals surface area contributed by atoms with E-state index in [0.717, 1.165) is 28.8 Å². The predicted molar refractivity (Wildman–Crippen MR) is 139 cm³/mol. The lowest BCUT2D eigenvalue weighted by Crippen LogP contribution is -2.47. The van der Waals surface area contributed by atoms with E-state index in [2.05, 4.69) is 10.3 Å². The Morgan fingerprint density at radius 3 is 2.75 bits per heavy atom. The van der Waals surface area contributed by atoms with Crippen molar-refractivity contribution >= 4 is 45.7 Å². The first-order valence-electron chi connectivity index (χ1n) is 11.5. The maximum Gasteiger partial charge on any atom is 0.272 e. The highest BCUT2D eigenvalue weighted by Gasteiger charge is 2.37. The van der Waals surface area contributed by atoms with Gasteiger partial charge in [-0.25, -0.2) is 4.99 Å². The number of para-hydroxylation sites is 1. The first-order chi connectivity index (χ1) is 17.5. The number of anilines is 1. The van der Waals surface area contributed by atoms with Gasteiger partial charge in [0.2, 0.25) is 6.17 Å². The summed E-state index contributed by atoms with van der Waals surface area (Å²) in [7, 11) is 1.56. The molecule has 1 N–H and O–H groups in total. The Morgan fingerprint density at radius 1 is 1.11 bits per heavy atom. The van der Waals surface area contributed by atoms with E-state index in [1.807, 2.05) is 48.5 Å². The topological polar surface area (TPSA) is 83.9 Å². The van der Waals surface area contributed by atoms with Crippen LogP contribution in [0.3, 0.4) is 0 Å². The van der Waals surface area contributed by atoms with Crippen LogP contribution in [0.15, 0.2) is 77.9 Å². The third-order valence-electron chi connectivity index (χ3n) is 6.58. The molecular formula is C28H21ClN4O3. The zero-order chi connectivity index (χ0) is 24.8. The van der Waals surface area contributed by atoms with Crippen molar-refractivity contribution in [3.63, 3.8) is 0 Å². The number of hydrogen-bond acceptors (Lipinski definition) is 5. The SMILES string of the molecule is COc1ccc2ncc(C(=O)N[C@@H]3N=C(c4ccccc4)c4cccc5c4N(CC5)C3=O)c(Cl)c2c1. The monoisotopic (exact) mass is 496 g/mol. The molecule has 0 fully saturated rings. The third kappa shape index (κ3) is 3.60. The summed E-state index contributed by atoms with van der Waals surface area (Å²) in [6.45, 7) is 0.535. The predicted octanol–water partition coefficient (Wildman–Crippen LogP) is 4.39. The molecular weight excluding hydrogens is 476 g/mol. The van der Waals surface area contributed by atoms with Crippen molar-refractivity contribution in [2.75, 3.05) is 18.6 Å². The van der Waals surface area contributed by atoms with Gasteiger partial charge in [0.25, 0.3) is 11.8 Å². The van der Waals surface area contributed by atoms with E-state index < -0.39 is 12.1 Å². The van der Waals surface area contributed by atoms with Gasteiger partial charge in [-0.3, -0.25) is 14.6 Å². The molecule has 1 aromatic heterocycles. The number of methoxy groups -OCH3 is 1. The summed E-state index contributed by atoms with van der Waals surface area (Å²) in [5.74, 6) is -0.216. The lowest BCUT2D eigenvalue weighted by molar-refractivity contribution is -0.120. The van der Waals surface area contributed by atoms with E-state index >= 15 is 0 Å². The maximum atomic E-state index is 13.6. The van der Waals surface area contributed by atoms with Gasteiger partial charge in [-0.2, -0.15) is 0 Å². The van der Waals surface area contributed by atoms with Gasteiger partial charge in [-0.1, -0.05) is 60.1 Å². The number of halogens is 1. The molecule has 0 saturated carbocycles. The van der Waals surface area contributed by atoms with Crippen LogP contribution in [-0.2, 0) is 11.2 Å². The minimum atomic E-state index is -1.12. The standard InChI is InChI=1S/C28H21ClN4O3/c1-36-18-10-11-22-20(14-18)23(29)21(15-30-22)27(34)32-26-28(35)33-13-12-17-8-5-9-19(25(17)33)24(31-26)16-6-3-2-4-7-16/h2-11,14-15,26H,12-13H2,1H3,(H,32,34)/t26-/m0/s1. The van der Waals surface area contributed by atoms with Crippen molar-refractivity contribution in [3.8, 4) is 5.75 Å².